The highest BCUT2D eigenvalue weighted by Gasteiger charge is 2.16. The fourth-order valence-corrected chi connectivity index (χ4v) is 2.52. The van der Waals surface area contributed by atoms with Gasteiger partial charge in [0.05, 0.1) is 17.4 Å². The maximum atomic E-state index is 12.9. The first-order valence-electron chi connectivity index (χ1n) is 7.21. The molecule has 0 fully saturated rings. The normalized spacial score (nSPS) is 10.8. The molecular weight excluding hydrogens is 290 g/mol. The largest absolute Gasteiger partial charge is 0.370 e. The van der Waals surface area contributed by atoms with Crippen molar-refractivity contribution in [3.63, 3.8) is 0 Å². The molecular formula is C18H13N3O2. The van der Waals surface area contributed by atoms with Crippen LogP contribution in [0.4, 0.5) is 0 Å². The molecule has 4 rings (SSSR count). The van der Waals surface area contributed by atoms with E-state index in [0.29, 0.717) is 11.3 Å². The number of benzene rings is 2. The summed E-state index contributed by atoms with van der Waals surface area (Å²) < 4.78 is 2.88. The monoisotopic (exact) mass is 303 g/mol. The second kappa shape index (κ2) is 5.46. The van der Waals surface area contributed by atoms with Gasteiger partial charge >= 0.3 is 5.69 Å². The third-order valence-corrected chi connectivity index (χ3v) is 3.56. The highest BCUT2D eigenvalue weighted by molar-refractivity contribution is 5.76. The second-order valence-electron chi connectivity index (χ2n) is 5.02. The van der Waals surface area contributed by atoms with E-state index in [4.69, 9.17) is 4.84 Å². The van der Waals surface area contributed by atoms with Crippen LogP contribution >= 0.6 is 0 Å². The Morgan fingerprint density at radius 1 is 0.826 bits per heavy atom. The molecule has 2 heterocycles. The minimum Gasteiger partial charge on any atom is -0.370 e. The van der Waals surface area contributed by atoms with E-state index in [1.807, 2.05) is 48.5 Å². The highest BCUT2D eigenvalue weighted by atomic mass is 16.7. The average Bonchev–Trinajstić information content (AvgIpc) is 2.89. The molecule has 5 heteroatoms. The standard InChI is InChI=1S/C18H13N3O2/c22-18-20(14-7-3-1-4-8-14)16-11-12-19-13-17(16)21(18)23-15-9-5-2-6-10-15/h1-13H. The van der Waals surface area contributed by atoms with Crippen molar-refractivity contribution in [2.45, 2.75) is 0 Å². The third-order valence-electron chi connectivity index (χ3n) is 3.56. The summed E-state index contributed by atoms with van der Waals surface area (Å²) in [6.07, 6.45) is 3.28. The Bertz CT molecular complexity index is 1000. The Morgan fingerprint density at radius 3 is 2.26 bits per heavy atom. The zero-order valence-corrected chi connectivity index (χ0v) is 12.2. The third kappa shape index (κ3) is 2.28. The number of pyridine rings is 1. The molecule has 0 aliphatic rings. The molecule has 2 aromatic heterocycles. The number of hydrogen-bond acceptors (Lipinski definition) is 3. The lowest BCUT2D eigenvalue weighted by molar-refractivity contribution is 0.215. The van der Waals surface area contributed by atoms with Crippen LogP contribution in [0.15, 0.2) is 83.9 Å². The molecule has 0 saturated heterocycles. The van der Waals surface area contributed by atoms with Crippen LogP contribution in [0, 0.1) is 0 Å². The molecule has 112 valence electrons. The first kappa shape index (κ1) is 13.3. The number of imidazole rings is 1. The van der Waals surface area contributed by atoms with Gasteiger partial charge in [0.25, 0.3) is 0 Å². The van der Waals surface area contributed by atoms with Crippen molar-refractivity contribution < 1.29 is 4.84 Å². The van der Waals surface area contributed by atoms with Gasteiger partial charge in [-0.05, 0) is 30.3 Å². The number of nitrogens with zero attached hydrogens (tertiary/aromatic N) is 3. The smallest absolute Gasteiger partial charge is 0.367 e. The van der Waals surface area contributed by atoms with Crippen LogP contribution < -0.4 is 10.5 Å². The summed E-state index contributed by atoms with van der Waals surface area (Å²) in [5.41, 5.74) is 1.87. The van der Waals surface area contributed by atoms with Crippen LogP contribution in [0.5, 0.6) is 5.75 Å². The van der Waals surface area contributed by atoms with E-state index in [1.165, 1.54) is 4.73 Å². The predicted octanol–water partition coefficient (Wildman–Crippen LogP) is 3.03. The first-order chi connectivity index (χ1) is 11.3. The topological polar surface area (TPSA) is 49.1 Å². The lowest BCUT2D eigenvalue weighted by Crippen LogP contribution is -2.26. The summed E-state index contributed by atoms with van der Waals surface area (Å²) in [5.74, 6) is 0.588. The van der Waals surface area contributed by atoms with E-state index in [-0.39, 0.29) is 5.69 Å². The average molecular weight is 303 g/mol. The molecule has 2 aromatic carbocycles. The van der Waals surface area contributed by atoms with Gasteiger partial charge in [-0.3, -0.25) is 9.55 Å². The Labute approximate surface area is 132 Å². The molecule has 5 nitrogen and oxygen atoms in total. The van der Waals surface area contributed by atoms with E-state index in [1.54, 1.807) is 35.2 Å². The van der Waals surface area contributed by atoms with Crippen molar-refractivity contribution in [1.29, 1.82) is 0 Å². The van der Waals surface area contributed by atoms with Gasteiger partial charge in [0.2, 0.25) is 0 Å². The quantitative estimate of drug-likeness (QED) is 0.584. The van der Waals surface area contributed by atoms with Gasteiger partial charge in [-0.25, -0.2) is 4.79 Å². The molecule has 0 atom stereocenters. The number of rotatable bonds is 3. The highest BCUT2D eigenvalue weighted by Crippen LogP contribution is 2.18. The molecule has 0 unspecified atom stereocenters. The molecule has 0 aliphatic heterocycles. The summed E-state index contributed by atoms with van der Waals surface area (Å²) >= 11 is 0. The van der Waals surface area contributed by atoms with Crippen molar-refractivity contribution in [3.05, 3.63) is 89.6 Å². The van der Waals surface area contributed by atoms with Gasteiger partial charge < -0.3 is 4.84 Å². The van der Waals surface area contributed by atoms with E-state index >= 15 is 0 Å². The van der Waals surface area contributed by atoms with E-state index in [0.717, 1.165) is 11.2 Å². The second-order valence-corrected chi connectivity index (χ2v) is 5.02. The van der Waals surface area contributed by atoms with E-state index in [2.05, 4.69) is 4.98 Å². The number of fused-ring (bicyclic) bond motifs is 1. The van der Waals surface area contributed by atoms with Crippen LogP contribution in [0.3, 0.4) is 0 Å². The zero-order valence-electron chi connectivity index (χ0n) is 12.2. The van der Waals surface area contributed by atoms with Crippen LogP contribution in [-0.4, -0.2) is 14.3 Å². The van der Waals surface area contributed by atoms with Crippen molar-refractivity contribution in [2.24, 2.45) is 0 Å². The van der Waals surface area contributed by atoms with Gasteiger partial charge in [-0.1, -0.05) is 36.4 Å². The molecule has 0 spiro atoms. The number of aromatic nitrogens is 3. The van der Waals surface area contributed by atoms with Crippen LogP contribution in [0.1, 0.15) is 0 Å². The minimum atomic E-state index is -0.275. The van der Waals surface area contributed by atoms with E-state index in [9.17, 15) is 4.79 Å². The summed E-state index contributed by atoms with van der Waals surface area (Å²) in [6, 6.07) is 20.5. The Hall–Kier alpha value is -3.34. The first-order valence-corrected chi connectivity index (χ1v) is 7.21. The summed E-state index contributed by atoms with van der Waals surface area (Å²) in [6.45, 7) is 0. The van der Waals surface area contributed by atoms with E-state index < -0.39 is 0 Å². The van der Waals surface area contributed by atoms with Crippen molar-refractivity contribution in [1.82, 2.24) is 14.3 Å². The lowest BCUT2D eigenvalue weighted by atomic mass is 10.3. The zero-order chi connectivity index (χ0) is 15.6. The minimum absolute atomic E-state index is 0.275. The maximum Gasteiger partial charge on any atom is 0.367 e. The van der Waals surface area contributed by atoms with Gasteiger partial charge in [-0.15, -0.1) is 4.73 Å². The Kier molecular flexibility index (Phi) is 3.16. The molecule has 0 saturated carbocycles. The van der Waals surface area contributed by atoms with Gasteiger partial charge in [0.1, 0.15) is 5.52 Å². The Balaban J connectivity index is 1.96. The van der Waals surface area contributed by atoms with Gasteiger partial charge in [0.15, 0.2) is 5.75 Å². The molecule has 23 heavy (non-hydrogen) atoms. The van der Waals surface area contributed by atoms with Crippen LogP contribution in [0.2, 0.25) is 0 Å². The molecule has 0 aliphatic carbocycles. The fourth-order valence-electron chi connectivity index (χ4n) is 2.52. The molecule has 0 bridgehead atoms. The summed E-state index contributed by atoms with van der Waals surface area (Å²) in [7, 11) is 0. The fraction of sp³-hybridized carbons (Fsp3) is 0. The SMILES string of the molecule is O=c1n(Oc2ccccc2)c2cnccc2n1-c1ccccc1. The number of para-hydroxylation sites is 2. The van der Waals surface area contributed by atoms with Crippen LogP contribution in [0.25, 0.3) is 16.7 Å². The van der Waals surface area contributed by atoms with Gasteiger partial charge in [-0.2, -0.15) is 0 Å². The maximum absolute atomic E-state index is 12.9. The molecule has 0 amide bonds. The predicted molar refractivity (Wildman–Crippen MR) is 87.8 cm³/mol. The lowest BCUT2D eigenvalue weighted by Gasteiger charge is -2.04. The summed E-state index contributed by atoms with van der Waals surface area (Å²) in [5, 5.41) is 0. The molecule has 0 radical (unpaired) electrons. The van der Waals surface area contributed by atoms with Crippen molar-refractivity contribution >= 4 is 11.0 Å². The molecule has 0 N–H and O–H groups in total. The van der Waals surface area contributed by atoms with Crippen LogP contribution in [-0.2, 0) is 0 Å². The van der Waals surface area contributed by atoms with Crippen molar-refractivity contribution in [2.75, 3.05) is 0 Å². The molecule has 4 aromatic rings. The van der Waals surface area contributed by atoms with Crippen molar-refractivity contribution in [3.8, 4) is 11.4 Å². The summed E-state index contributed by atoms with van der Waals surface area (Å²) in [4.78, 5) is 22.7. The Morgan fingerprint density at radius 2 is 1.52 bits per heavy atom. The van der Waals surface area contributed by atoms with Gasteiger partial charge in [0, 0.05) is 6.20 Å². The number of hydrogen-bond donors (Lipinski definition) is 0.